The number of hydrogen-bond donors (Lipinski definition) is 7. The molecule has 0 spiro atoms. The van der Waals surface area contributed by atoms with Crippen LogP contribution in [0.1, 0.15) is 59.4 Å². The Balaban J connectivity index is 2.04. The topological polar surface area (TPSA) is 199 Å². The van der Waals surface area contributed by atoms with Gasteiger partial charge in [-0.1, -0.05) is 45.9 Å². The van der Waals surface area contributed by atoms with Gasteiger partial charge in [0, 0.05) is 29.9 Å². The molecule has 2 heterocycles. The van der Waals surface area contributed by atoms with Crippen LogP contribution in [0, 0.1) is 11.8 Å². The number of H-pyrrole nitrogens is 1. The Bertz CT molecular complexity index is 1350. The van der Waals surface area contributed by atoms with Crippen LogP contribution in [0.25, 0.3) is 10.9 Å². The van der Waals surface area contributed by atoms with Crippen molar-refractivity contribution in [3.8, 4) is 0 Å². The van der Waals surface area contributed by atoms with Gasteiger partial charge >= 0.3 is 5.97 Å². The van der Waals surface area contributed by atoms with Crippen molar-refractivity contribution in [2.45, 2.75) is 90.5 Å². The highest BCUT2D eigenvalue weighted by atomic mass is 16.4. The zero-order chi connectivity index (χ0) is 31.8. The minimum absolute atomic E-state index is 0.00615. The molecule has 1 saturated heterocycles. The maximum absolute atomic E-state index is 13.7. The SMILES string of the molecule is CC(C)C[C@H]1NC(=O)[C@H](C(C)C)NC(=O)[C@@H](C)NC(=O)[C@@H](CCC(=O)O)NC(=O)[C@@H](Cc2c[nH]c3ccccc23)NC1=O. The molecule has 13 nitrogen and oxygen atoms in total. The van der Waals surface area contributed by atoms with Crippen LogP contribution < -0.4 is 26.6 Å². The molecule has 234 valence electrons. The molecular weight excluding hydrogens is 556 g/mol. The molecule has 0 bridgehead atoms. The van der Waals surface area contributed by atoms with Crippen LogP contribution in [0.15, 0.2) is 30.5 Å². The number of benzene rings is 1. The number of nitrogens with one attached hydrogen (secondary N) is 6. The van der Waals surface area contributed by atoms with Crippen molar-refractivity contribution < 1.29 is 33.9 Å². The largest absolute Gasteiger partial charge is 0.481 e. The number of carboxylic acid groups (broad SMARTS) is 1. The van der Waals surface area contributed by atoms with Crippen molar-refractivity contribution in [2.75, 3.05) is 0 Å². The highest BCUT2D eigenvalue weighted by molar-refractivity contribution is 5.98. The number of carbonyl (C=O) groups excluding carboxylic acids is 5. The first kappa shape index (κ1) is 33.1. The molecule has 3 rings (SSSR count). The molecule has 1 aromatic carbocycles. The third-order valence-corrected chi connectivity index (χ3v) is 7.35. The highest BCUT2D eigenvalue weighted by Crippen LogP contribution is 2.20. The molecule has 1 fully saturated rings. The van der Waals surface area contributed by atoms with Gasteiger partial charge in [-0.2, -0.15) is 0 Å². The van der Waals surface area contributed by atoms with E-state index >= 15 is 0 Å². The number of carbonyl (C=O) groups is 6. The summed E-state index contributed by atoms with van der Waals surface area (Å²) in [5.74, 6) is -4.85. The Kier molecular flexibility index (Phi) is 11.3. The Labute approximate surface area is 250 Å². The predicted octanol–water partition coefficient (Wildman–Crippen LogP) is 0.735. The number of fused-ring (bicyclic) bond motifs is 1. The van der Waals surface area contributed by atoms with E-state index in [2.05, 4.69) is 31.6 Å². The molecule has 5 amide bonds. The normalized spacial score (nSPS) is 24.4. The monoisotopic (exact) mass is 598 g/mol. The van der Waals surface area contributed by atoms with E-state index in [-0.39, 0.29) is 31.1 Å². The van der Waals surface area contributed by atoms with Gasteiger partial charge in [0.2, 0.25) is 29.5 Å². The van der Waals surface area contributed by atoms with E-state index in [0.717, 1.165) is 16.5 Å². The number of aliphatic carboxylic acids is 1. The molecule has 5 atom stereocenters. The summed E-state index contributed by atoms with van der Waals surface area (Å²) in [5, 5.41) is 23.4. The average Bonchev–Trinajstić information content (AvgIpc) is 3.34. The lowest BCUT2D eigenvalue weighted by molar-refractivity contribution is -0.138. The van der Waals surface area contributed by atoms with E-state index in [1.807, 2.05) is 38.1 Å². The second kappa shape index (κ2) is 14.7. The first-order valence-electron chi connectivity index (χ1n) is 14.5. The first-order chi connectivity index (χ1) is 20.3. The number of aromatic nitrogens is 1. The van der Waals surface area contributed by atoms with E-state index in [0.29, 0.717) is 0 Å². The summed E-state index contributed by atoms with van der Waals surface area (Å²) in [6.07, 6.45) is 1.36. The van der Waals surface area contributed by atoms with Gasteiger partial charge in [-0.3, -0.25) is 28.8 Å². The number of amides is 5. The van der Waals surface area contributed by atoms with Gasteiger partial charge in [-0.05, 0) is 43.2 Å². The van der Waals surface area contributed by atoms with E-state index in [1.54, 1.807) is 20.0 Å². The van der Waals surface area contributed by atoms with Crippen molar-refractivity contribution in [2.24, 2.45) is 11.8 Å². The van der Waals surface area contributed by atoms with Gasteiger partial charge in [-0.15, -0.1) is 0 Å². The third-order valence-electron chi connectivity index (χ3n) is 7.35. The lowest BCUT2D eigenvalue weighted by atomic mass is 9.98. The fourth-order valence-electron chi connectivity index (χ4n) is 4.97. The first-order valence-corrected chi connectivity index (χ1v) is 14.5. The summed E-state index contributed by atoms with van der Waals surface area (Å²) in [5.41, 5.74) is 1.56. The molecule has 1 aromatic heterocycles. The molecule has 1 aliphatic heterocycles. The zero-order valence-corrected chi connectivity index (χ0v) is 25.2. The van der Waals surface area contributed by atoms with Gasteiger partial charge < -0.3 is 36.7 Å². The molecule has 43 heavy (non-hydrogen) atoms. The minimum atomic E-state index is -1.31. The van der Waals surface area contributed by atoms with Crippen molar-refractivity contribution in [1.29, 1.82) is 0 Å². The summed E-state index contributed by atoms with van der Waals surface area (Å²) in [4.78, 5) is 81.4. The molecule has 0 saturated carbocycles. The Morgan fingerprint density at radius 2 is 1.40 bits per heavy atom. The van der Waals surface area contributed by atoms with Gasteiger partial charge in [0.25, 0.3) is 0 Å². The second-order valence-corrected chi connectivity index (χ2v) is 11.8. The lowest BCUT2D eigenvalue weighted by Gasteiger charge is -2.27. The fraction of sp³-hybridized carbons (Fsp3) is 0.533. The van der Waals surface area contributed by atoms with Crippen LogP contribution in [0.2, 0.25) is 0 Å². The van der Waals surface area contributed by atoms with Crippen molar-refractivity contribution in [3.05, 3.63) is 36.0 Å². The van der Waals surface area contributed by atoms with E-state index in [1.165, 1.54) is 6.92 Å². The summed E-state index contributed by atoms with van der Waals surface area (Å²) in [6, 6.07) is 1.82. The van der Waals surface area contributed by atoms with Crippen LogP contribution in [0.5, 0.6) is 0 Å². The molecule has 0 radical (unpaired) electrons. The van der Waals surface area contributed by atoms with Gasteiger partial charge in [-0.25, -0.2) is 0 Å². The zero-order valence-electron chi connectivity index (χ0n) is 25.2. The van der Waals surface area contributed by atoms with Crippen molar-refractivity contribution in [3.63, 3.8) is 0 Å². The van der Waals surface area contributed by atoms with Crippen LogP contribution in [-0.2, 0) is 35.2 Å². The summed E-state index contributed by atoms with van der Waals surface area (Å²) in [6.45, 7) is 8.67. The van der Waals surface area contributed by atoms with Gasteiger partial charge in [0.1, 0.15) is 30.2 Å². The van der Waals surface area contributed by atoms with Crippen LogP contribution in [0.4, 0.5) is 0 Å². The third kappa shape index (κ3) is 9.03. The fourth-order valence-corrected chi connectivity index (χ4v) is 4.97. The number of para-hydroxylation sites is 1. The second-order valence-electron chi connectivity index (χ2n) is 11.8. The molecule has 0 aliphatic carbocycles. The maximum Gasteiger partial charge on any atom is 0.303 e. The number of aromatic amines is 1. The number of hydrogen-bond acceptors (Lipinski definition) is 6. The van der Waals surface area contributed by atoms with E-state index in [4.69, 9.17) is 0 Å². The van der Waals surface area contributed by atoms with Gasteiger partial charge in [0.15, 0.2) is 0 Å². The molecule has 13 heteroatoms. The molecular formula is C30H42N6O7. The van der Waals surface area contributed by atoms with Crippen LogP contribution >= 0.6 is 0 Å². The standard InChI is InChI=1S/C30H42N6O7/c1-15(2)12-22-28(41)34-23(13-18-14-31-20-9-7-6-8-19(18)20)29(42)33-21(10-11-24(37)38)27(40)32-17(5)26(39)36-25(16(3)4)30(43)35-22/h6-9,14-17,21-23,25,31H,10-13H2,1-5H3,(H,32,40)(H,33,42)(H,34,41)(H,35,43)(H,36,39)(H,37,38)/t17-,21-,22-,23-,25+/m1/s1. The van der Waals surface area contributed by atoms with Crippen molar-refractivity contribution >= 4 is 46.4 Å². The van der Waals surface area contributed by atoms with Crippen LogP contribution in [0.3, 0.4) is 0 Å². The molecule has 1 aliphatic rings. The highest BCUT2D eigenvalue weighted by Gasteiger charge is 2.35. The average molecular weight is 599 g/mol. The molecule has 2 aromatic rings. The lowest BCUT2D eigenvalue weighted by Crippen LogP contribution is -2.59. The number of carboxylic acids is 1. The van der Waals surface area contributed by atoms with E-state index < -0.39 is 72.1 Å². The maximum atomic E-state index is 13.7. The number of rotatable bonds is 8. The predicted molar refractivity (Wildman–Crippen MR) is 158 cm³/mol. The Hall–Kier alpha value is -4.42. The summed E-state index contributed by atoms with van der Waals surface area (Å²) < 4.78 is 0. The van der Waals surface area contributed by atoms with Crippen LogP contribution in [-0.4, -0.2) is 75.8 Å². The van der Waals surface area contributed by atoms with E-state index in [9.17, 15) is 33.9 Å². The summed E-state index contributed by atoms with van der Waals surface area (Å²) >= 11 is 0. The van der Waals surface area contributed by atoms with Gasteiger partial charge in [0.05, 0.1) is 0 Å². The smallest absolute Gasteiger partial charge is 0.303 e. The molecule has 0 unspecified atom stereocenters. The summed E-state index contributed by atoms with van der Waals surface area (Å²) in [7, 11) is 0. The molecule has 7 N–H and O–H groups in total. The quantitative estimate of drug-likeness (QED) is 0.232. The Morgan fingerprint density at radius 1 is 0.791 bits per heavy atom. The Morgan fingerprint density at radius 3 is 2.05 bits per heavy atom. The minimum Gasteiger partial charge on any atom is -0.481 e. The van der Waals surface area contributed by atoms with Crippen molar-refractivity contribution in [1.82, 2.24) is 31.6 Å².